The maximum Gasteiger partial charge on any atom is -1.00 e. The molecule has 5 unspecified atom stereocenters. The normalized spacial score (nSPS) is 22.9. The van der Waals surface area contributed by atoms with Gasteiger partial charge >= 0.3 is 252 Å². The summed E-state index contributed by atoms with van der Waals surface area (Å²) >= 11 is 2.52. The average molecular weight is 672 g/mol. The summed E-state index contributed by atoms with van der Waals surface area (Å²) in [4.78, 5) is 0. The molecule has 0 amide bonds. The topological polar surface area (TPSA) is 0 Å². The van der Waals surface area contributed by atoms with E-state index in [2.05, 4.69) is 166 Å². The van der Waals surface area contributed by atoms with Gasteiger partial charge in [-0.15, -0.1) is 0 Å². The molecule has 222 valence electrons. The maximum atomic E-state index is 2.61. The van der Waals surface area contributed by atoms with E-state index in [1.807, 2.05) is 0 Å². The third-order valence-corrected chi connectivity index (χ3v) is 16.7. The fourth-order valence-electron chi connectivity index (χ4n) is 7.47. The van der Waals surface area contributed by atoms with Crippen LogP contribution < -0.4 is 52.8 Å². The molecule has 5 rings (SSSR count). The summed E-state index contributed by atoms with van der Waals surface area (Å²) in [5.41, 5.74) is 4.95. The number of hydrogen-bond acceptors (Lipinski definition) is 0. The van der Waals surface area contributed by atoms with Gasteiger partial charge in [0.1, 0.15) is 0 Å². The molecule has 0 spiro atoms. The smallest absolute Gasteiger partial charge is 1.00 e. The van der Waals surface area contributed by atoms with Crippen molar-refractivity contribution in [3.63, 3.8) is 0 Å². The molecule has 0 saturated heterocycles. The van der Waals surface area contributed by atoms with Gasteiger partial charge in [0.25, 0.3) is 0 Å². The SMILES string of the molecule is CC(C)c1cccc([Si](c2cccc(C(C)C)c2)(c2cccc(C(C)C)c2)C2C(C)[CH]([Ti+3])C3C=CC=CC32)c1.[Cl-].[Cl-].[Cl-]. The Labute approximate surface area is 286 Å². The van der Waals surface area contributed by atoms with Gasteiger partial charge < -0.3 is 37.2 Å². The molecular formula is C37H45Cl3SiTi. The average Bonchev–Trinajstić information content (AvgIpc) is 3.20. The van der Waals surface area contributed by atoms with Crippen molar-refractivity contribution in [1.82, 2.24) is 0 Å². The molecule has 2 aliphatic carbocycles. The number of halogens is 3. The van der Waals surface area contributed by atoms with Gasteiger partial charge in [-0.05, 0) is 0 Å². The third-order valence-electron chi connectivity index (χ3n) is 9.71. The van der Waals surface area contributed by atoms with Crippen LogP contribution in [0.5, 0.6) is 0 Å². The molecule has 42 heavy (non-hydrogen) atoms. The van der Waals surface area contributed by atoms with Crippen molar-refractivity contribution < 1.29 is 57.7 Å². The van der Waals surface area contributed by atoms with Crippen LogP contribution in [0.15, 0.2) is 97.1 Å². The first-order valence-electron chi connectivity index (χ1n) is 15.0. The fraction of sp³-hybridized carbons (Fsp3) is 0.405. The van der Waals surface area contributed by atoms with Crippen LogP contribution in [0.4, 0.5) is 0 Å². The van der Waals surface area contributed by atoms with Crippen LogP contribution in [0.25, 0.3) is 0 Å². The second-order valence-corrected chi connectivity index (χ2v) is 18.0. The van der Waals surface area contributed by atoms with E-state index in [9.17, 15) is 0 Å². The van der Waals surface area contributed by atoms with E-state index in [4.69, 9.17) is 0 Å². The molecule has 3 aromatic rings. The number of fused-ring (bicyclic) bond motifs is 1. The van der Waals surface area contributed by atoms with Crippen molar-refractivity contribution in [3.05, 3.63) is 114 Å². The van der Waals surface area contributed by atoms with Crippen LogP contribution in [0.1, 0.15) is 82.9 Å². The van der Waals surface area contributed by atoms with Crippen molar-refractivity contribution in [2.75, 3.05) is 0 Å². The van der Waals surface area contributed by atoms with E-state index in [-0.39, 0.29) is 37.2 Å². The molecule has 0 heterocycles. The summed E-state index contributed by atoms with van der Waals surface area (Å²) in [6.07, 6.45) is 9.72. The minimum atomic E-state index is -2.52. The minimum absolute atomic E-state index is 0. The summed E-state index contributed by atoms with van der Waals surface area (Å²) in [6.45, 7) is 16.6. The van der Waals surface area contributed by atoms with E-state index in [0.29, 0.717) is 45.3 Å². The van der Waals surface area contributed by atoms with Gasteiger partial charge in [0.15, 0.2) is 0 Å². The van der Waals surface area contributed by atoms with Gasteiger partial charge in [0.2, 0.25) is 0 Å². The van der Waals surface area contributed by atoms with Gasteiger partial charge in [0, 0.05) is 0 Å². The Morgan fingerprint density at radius 3 is 1.29 bits per heavy atom. The number of allylic oxidation sites excluding steroid dienone is 4. The van der Waals surface area contributed by atoms with Crippen LogP contribution in [0, 0.1) is 17.8 Å². The summed E-state index contributed by atoms with van der Waals surface area (Å²) < 4.78 is 0.655. The van der Waals surface area contributed by atoms with Gasteiger partial charge in [0.05, 0.1) is 0 Å². The maximum absolute atomic E-state index is 2.61. The summed E-state index contributed by atoms with van der Waals surface area (Å²) in [5, 5.41) is 4.76. The molecule has 0 N–H and O–H groups in total. The van der Waals surface area contributed by atoms with Crippen molar-refractivity contribution in [2.24, 2.45) is 17.8 Å². The van der Waals surface area contributed by atoms with Gasteiger partial charge in [-0.3, -0.25) is 0 Å². The van der Waals surface area contributed by atoms with Gasteiger partial charge in [-0.25, -0.2) is 0 Å². The monoisotopic (exact) mass is 670 g/mol. The van der Waals surface area contributed by atoms with Crippen LogP contribution in [0.2, 0.25) is 9.76 Å². The van der Waals surface area contributed by atoms with E-state index in [1.54, 1.807) is 15.6 Å². The summed E-state index contributed by atoms with van der Waals surface area (Å²) in [6, 6.07) is 29.4. The molecule has 1 fully saturated rings. The minimum Gasteiger partial charge on any atom is -1.00 e. The number of hydrogen-bond donors (Lipinski definition) is 0. The van der Waals surface area contributed by atoms with Crippen molar-refractivity contribution in [3.8, 4) is 0 Å². The zero-order valence-corrected chi connectivity index (χ0v) is 30.8. The Kier molecular flexibility index (Phi) is 13.5. The fourth-order valence-corrected chi connectivity index (χ4v) is 14.9. The van der Waals surface area contributed by atoms with E-state index in [0.717, 1.165) is 0 Å². The first-order valence-corrected chi connectivity index (χ1v) is 18.0. The predicted octanol–water partition coefficient (Wildman–Crippen LogP) is -0.747. The zero-order valence-electron chi connectivity index (χ0n) is 26.0. The number of benzene rings is 3. The quantitative estimate of drug-likeness (QED) is 0.230. The molecule has 0 aliphatic heterocycles. The number of rotatable bonds is 7. The first-order chi connectivity index (χ1) is 18.7. The second kappa shape index (κ2) is 15.3. The van der Waals surface area contributed by atoms with Crippen molar-refractivity contribution in [1.29, 1.82) is 0 Å². The van der Waals surface area contributed by atoms with Crippen LogP contribution in [-0.4, -0.2) is 8.07 Å². The molecule has 3 aromatic carbocycles. The van der Waals surface area contributed by atoms with E-state index < -0.39 is 8.07 Å². The Bertz CT molecular complexity index is 1250. The zero-order chi connectivity index (χ0) is 27.9. The molecule has 1 saturated carbocycles. The molecule has 5 heteroatoms. The Morgan fingerprint density at radius 2 is 0.929 bits per heavy atom. The summed E-state index contributed by atoms with van der Waals surface area (Å²) in [5.74, 6) is 3.30. The predicted molar refractivity (Wildman–Crippen MR) is 168 cm³/mol. The van der Waals surface area contributed by atoms with E-state index >= 15 is 0 Å². The third kappa shape index (κ3) is 6.63. The first kappa shape index (κ1) is 37.1. The molecular weight excluding hydrogens is 627 g/mol. The van der Waals surface area contributed by atoms with Crippen molar-refractivity contribution in [2.45, 2.75) is 76.0 Å². The molecule has 0 radical (unpaired) electrons. The Hall–Kier alpha value is -1.06. The summed E-state index contributed by atoms with van der Waals surface area (Å²) in [7, 11) is -2.52. The van der Waals surface area contributed by atoms with Gasteiger partial charge in [-0.2, -0.15) is 0 Å². The molecule has 5 atom stereocenters. The van der Waals surface area contributed by atoms with Crippen LogP contribution >= 0.6 is 0 Å². The Morgan fingerprint density at radius 1 is 0.571 bits per heavy atom. The Balaban J connectivity index is 0.00000205. The molecule has 0 aromatic heterocycles. The molecule has 2 aliphatic rings. The van der Waals surface area contributed by atoms with E-state index in [1.165, 1.54) is 16.7 Å². The van der Waals surface area contributed by atoms with Gasteiger partial charge in [-0.1, -0.05) is 0 Å². The standard InChI is InChI=1S/C37H45Si.3ClH.Ti/c1-25(2)29-14-10-17-33(22-29)38(34-18-11-15-30(23-34)26(3)4,35-19-12-16-31(24-35)27(5)6)37-28(7)21-32-13-8-9-20-36(32)37;;;;/h8-28,32,36-37H,1-7H3;3*1H;/q;;;;+3/p-3. The van der Waals surface area contributed by atoms with Crippen LogP contribution in [0.3, 0.4) is 0 Å². The molecule has 0 bridgehead atoms. The van der Waals surface area contributed by atoms with Crippen LogP contribution in [-0.2, 0) is 20.4 Å². The largest absolute Gasteiger partial charge is 1.00 e. The second-order valence-electron chi connectivity index (χ2n) is 13.0. The van der Waals surface area contributed by atoms with Crippen molar-refractivity contribution >= 4 is 23.6 Å². The molecule has 0 nitrogen and oxygen atoms in total.